The Bertz CT molecular complexity index is 300. The zero-order chi connectivity index (χ0) is 14.5. The summed E-state index contributed by atoms with van der Waals surface area (Å²) in [5.41, 5.74) is 0. The van der Waals surface area contributed by atoms with Crippen LogP contribution in [0.5, 0.6) is 0 Å². The maximum Gasteiger partial charge on any atom is 0.333 e. The number of carboxylic acids is 2. The van der Waals surface area contributed by atoms with Crippen molar-refractivity contribution in [3.8, 4) is 0 Å². The molecule has 0 fully saturated rings. The molecule has 0 saturated carbocycles. The van der Waals surface area contributed by atoms with E-state index in [1.54, 1.807) is 0 Å². The fourth-order valence-electron chi connectivity index (χ4n) is 1.15. The zero-order valence-corrected chi connectivity index (χ0v) is 9.55. The van der Waals surface area contributed by atoms with Crippen molar-refractivity contribution >= 4 is 11.9 Å². The van der Waals surface area contributed by atoms with E-state index in [9.17, 15) is 19.8 Å². The second-order valence-corrected chi connectivity index (χ2v) is 3.79. The predicted octanol–water partition coefficient (Wildman–Crippen LogP) is -2.65. The van der Waals surface area contributed by atoms with Crippen molar-refractivity contribution in [3.05, 3.63) is 0 Å². The van der Waals surface area contributed by atoms with Gasteiger partial charge in [0.15, 0.2) is 11.9 Å². The highest BCUT2D eigenvalue weighted by Crippen LogP contribution is 2.19. The van der Waals surface area contributed by atoms with E-state index in [1.807, 2.05) is 0 Å². The van der Waals surface area contributed by atoms with Crippen molar-refractivity contribution in [3.63, 3.8) is 0 Å². The van der Waals surface area contributed by atoms with Crippen LogP contribution >= 0.6 is 0 Å². The Labute approximate surface area is 102 Å². The van der Waals surface area contributed by atoms with Gasteiger partial charge < -0.3 is 35.4 Å². The van der Waals surface area contributed by atoms with Crippen LogP contribution in [0.4, 0.5) is 0 Å². The van der Waals surface area contributed by atoms with Gasteiger partial charge in [-0.3, -0.25) is 4.79 Å². The number of aliphatic carboxylic acids is 2. The van der Waals surface area contributed by atoms with Crippen LogP contribution < -0.4 is 0 Å². The van der Waals surface area contributed by atoms with Gasteiger partial charge in [0.25, 0.3) is 0 Å². The normalized spacial score (nSPS) is 19.6. The van der Waals surface area contributed by atoms with E-state index >= 15 is 0 Å². The standard InChI is InChI=1S/C9H16O9/c1-9(17,7(14)4(11)3-10)18-5(8(15)16)2-6(12)13/h4-5,7,10-11,14,17H,2-3H2,1H3,(H,12,13)(H,15,16)/t4-,5?,7-,9-/m1/s1. The van der Waals surface area contributed by atoms with Crippen molar-refractivity contribution in [2.75, 3.05) is 6.61 Å². The number of rotatable bonds is 8. The summed E-state index contributed by atoms with van der Waals surface area (Å²) in [7, 11) is 0. The Kier molecular flexibility index (Phi) is 6.15. The predicted molar refractivity (Wildman–Crippen MR) is 54.5 cm³/mol. The van der Waals surface area contributed by atoms with E-state index in [4.69, 9.17) is 20.4 Å². The van der Waals surface area contributed by atoms with Crippen molar-refractivity contribution in [2.24, 2.45) is 0 Å². The number of hydrogen-bond donors (Lipinski definition) is 6. The molecule has 6 N–H and O–H groups in total. The molecule has 18 heavy (non-hydrogen) atoms. The first-order chi connectivity index (χ1) is 8.11. The fraction of sp³-hybridized carbons (Fsp3) is 0.778. The summed E-state index contributed by atoms with van der Waals surface area (Å²) in [6.07, 6.45) is -6.61. The molecule has 0 aromatic carbocycles. The van der Waals surface area contributed by atoms with E-state index in [0.29, 0.717) is 0 Å². The number of aliphatic hydroxyl groups is 4. The molecule has 0 radical (unpaired) electrons. The molecular formula is C9H16O9. The molecule has 1 unspecified atom stereocenters. The van der Waals surface area contributed by atoms with E-state index in [-0.39, 0.29) is 0 Å². The van der Waals surface area contributed by atoms with Crippen LogP contribution in [0, 0.1) is 0 Å². The van der Waals surface area contributed by atoms with Crippen LogP contribution in [0.15, 0.2) is 0 Å². The summed E-state index contributed by atoms with van der Waals surface area (Å²) in [5.74, 6) is -5.65. The number of hydrogen-bond acceptors (Lipinski definition) is 7. The molecule has 0 spiro atoms. The average molecular weight is 268 g/mol. The molecule has 0 heterocycles. The monoisotopic (exact) mass is 268 g/mol. The molecule has 0 aromatic heterocycles. The summed E-state index contributed by atoms with van der Waals surface area (Å²) in [4.78, 5) is 21.1. The van der Waals surface area contributed by atoms with Gasteiger partial charge in [-0.05, 0) is 6.92 Å². The van der Waals surface area contributed by atoms with Gasteiger partial charge in [0.05, 0.1) is 13.0 Å². The molecule has 4 atom stereocenters. The second kappa shape index (κ2) is 6.61. The van der Waals surface area contributed by atoms with Gasteiger partial charge in [0.2, 0.25) is 0 Å². The Morgan fingerprint density at radius 3 is 2.11 bits per heavy atom. The summed E-state index contributed by atoms with van der Waals surface area (Å²) in [5, 5.41) is 53.8. The smallest absolute Gasteiger partial charge is 0.333 e. The minimum atomic E-state index is -2.53. The molecule has 0 aliphatic rings. The summed E-state index contributed by atoms with van der Waals surface area (Å²) in [6.45, 7) is -0.0499. The lowest BCUT2D eigenvalue weighted by atomic mass is 10.1. The molecule has 9 heteroatoms. The molecule has 0 aromatic rings. The maximum atomic E-state index is 10.7. The molecule has 0 bridgehead atoms. The fourth-order valence-corrected chi connectivity index (χ4v) is 1.15. The van der Waals surface area contributed by atoms with E-state index < -0.39 is 49.1 Å². The molecule has 0 saturated heterocycles. The number of aliphatic hydroxyl groups excluding tert-OH is 3. The van der Waals surface area contributed by atoms with Gasteiger partial charge in [-0.1, -0.05) is 0 Å². The number of carboxylic acid groups (broad SMARTS) is 2. The maximum absolute atomic E-state index is 10.7. The Balaban J connectivity index is 4.79. The molecule has 0 amide bonds. The quantitative estimate of drug-likeness (QED) is 0.258. The van der Waals surface area contributed by atoms with Crippen molar-refractivity contribution in [1.29, 1.82) is 0 Å². The highest BCUT2D eigenvalue weighted by molar-refractivity contribution is 5.79. The first-order valence-corrected chi connectivity index (χ1v) is 4.93. The third-order valence-electron chi connectivity index (χ3n) is 2.12. The lowest BCUT2D eigenvalue weighted by Gasteiger charge is -2.33. The highest BCUT2D eigenvalue weighted by atomic mass is 16.7. The summed E-state index contributed by atoms with van der Waals surface area (Å²) >= 11 is 0. The van der Waals surface area contributed by atoms with Gasteiger partial charge in [-0.25, -0.2) is 4.79 Å². The average Bonchev–Trinajstić information content (AvgIpc) is 2.24. The van der Waals surface area contributed by atoms with Crippen LogP contribution in [-0.4, -0.2) is 73.3 Å². The second-order valence-electron chi connectivity index (χ2n) is 3.79. The van der Waals surface area contributed by atoms with Gasteiger partial charge in [-0.2, -0.15) is 0 Å². The lowest BCUT2D eigenvalue weighted by molar-refractivity contribution is -0.283. The molecular weight excluding hydrogens is 252 g/mol. The van der Waals surface area contributed by atoms with Crippen LogP contribution in [-0.2, 0) is 14.3 Å². The molecule has 0 rings (SSSR count). The minimum absolute atomic E-state index is 0.842. The molecule has 106 valence electrons. The largest absolute Gasteiger partial charge is 0.481 e. The van der Waals surface area contributed by atoms with E-state index in [1.165, 1.54) is 0 Å². The Morgan fingerprint density at radius 2 is 1.78 bits per heavy atom. The van der Waals surface area contributed by atoms with Crippen LogP contribution in [0.2, 0.25) is 0 Å². The van der Waals surface area contributed by atoms with Crippen molar-refractivity contribution in [2.45, 2.75) is 37.4 Å². The van der Waals surface area contributed by atoms with Crippen molar-refractivity contribution < 1.29 is 45.0 Å². The van der Waals surface area contributed by atoms with Crippen LogP contribution in [0.1, 0.15) is 13.3 Å². The van der Waals surface area contributed by atoms with Crippen LogP contribution in [0.3, 0.4) is 0 Å². The van der Waals surface area contributed by atoms with Gasteiger partial charge in [-0.15, -0.1) is 0 Å². The SMILES string of the molecule is C[C@@](O)(OC(CC(=O)O)C(=O)O)[C@H](O)[C@H](O)CO. The van der Waals surface area contributed by atoms with Gasteiger partial charge >= 0.3 is 11.9 Å². The zero-order valence-electron chi connectivity index (χ0n) is 9.55. The van der Waals surface area contributed by atoms with Crippen LogP contribution in [0.25, 0.3) is 0 Å². The molecule has 0 aliphatic carbocycles. The Hall–Kier alpha value is -1.26. The highest BCUT2D eigenvalue weighted by Gasteiger charge is 2.40. The number of carbonyl (C=O) groups is 2. The topological polar surface area (TPSA) is 165 Å². The van der Waals surface area contributed by atoms with E-state index in [2.05, 4.69) is 4.74 Å². The van der Waals surface area contributed by atoms with Crippen molar-refractivity contribution in [1.82, 2.24) is 0 Å². The lowest BCUT2D eigenvalue weighted by Crippen LogP contribution is -2.53. The molecule has 9 nitrogen and oxygen atoms in total. The molecule has 0 aliphatic heterocycles. The van der Waals surface area contributed by atoms with Gasteiger partial charge in [0.1, 0.15) is 12.2 Å². The first-order valence-electron chi connectivity index (χ1n) is 4.93. The summed E-state index contributed by atoms with van der Waals surface area (Å²) < 4.78 is 4.55. The third kappa shape index (κ3) is 4.94. The first kappa shape index (κ1) is 16.7. The summed E-state index contributed by atoms with van der Waals surface area (Å²) in [6, 6.07) is 0. The Morgan fingerprint density at radius 1 is 1.28 bits per heavy atom. The van der Waals surface area contributed by atoms with E-state index in [0.717, 1.165) is 6.92 Å². The van der Waals surface area contributed by atoms with Gasteiger partial charge in [0, 0.05) is 0 Å². The minimum Gasteiger partial charge on any atom is -0.481 e. The number of ether oxygens (including phenoxy) is 1. The third-order valence-corrected chi connectivity index (χ3v) is 2.12.